The zero-order chi connectivity index (χ0) is 21.7. The van der Waals surface area contributed by atoms with E-state index in [0.717, 1.165) is 70.1 Å². The number of imidazole rings is 2. The minimum absolute atomic E-state index is 0.220. The maximum atomic E-state index is 9.66. The number of fused-ring (bicyclic) bond motifs is 2. The highest BCUT2D eigenvalue weighted by molar-refractivity contribution is 5.82. The Balaban J connectivity index is 1.25. The van der Waals surface area contributed by atoms with Crippen molar-refractivity contribution in [3.05, 3.63) is 60.7 Å². The minimum Gasteiger partial charge on any atom is -0.508 e. The molecule has 7 nitrogen and oxygen atoms in total. The lowest BCUT2D eigenvalue weighted by molar-refractivity contribution is 0.208. The molecule has 0 spiro atoms. The third kappa shape index (κ3) is 3.46. The maximum absolute atomic E-state index is 9.66. The third-order valence-corrected chi connectivity index (χ3v) is 6.00. The predicted molar refractivity (Wildman–Crippen MR) is 125 cm³/mol. The average molecular weight is 425 g/mol. The average Bonchev–Trinajstić information content (AvgIpc) is 3.51. The van der Waals surface area contributed by atoms with Gasteiger partial charge in [0.1, 0.15) is 29.3 Å². The molecule has 1 saturated heterocycles. The number of nitrogens with zero attached hydrogens (tertiary/aromatic N) is 3. The number of aromatic nitrogens is 4. The molecule has 0 unspecified atom stereocenters. The molecule has 1 aliphatic heterocycles. The van der Waals surface area contributed by atoms with Gasteiger partial charge in [-0.05, 0) is 37.7 Å². The van der Waals surface area contributed by atoms with E-state index >= 15 is 0 Å². The summed E-state index contributed by atoms with van der Waals surface area (Å²) in [5, 5.41) is 9.66. The molecule has 7 heteroatoms. The lowest BCUT2D eigenvalue weighted by Gasteiger charge is -2.13. The van der Waals surface area contributed by atoms with Crippen molar-refractivity contribution < 1.29 is 9.84 Å². The maximum Gasteiger partial charge on any atom is 0.138 e. The number of hydrogen-bond donors (Lipinski definition) is 3. The van der Waals surface area contributed by atoms with Crippen LogP contribution in [0.15, 0.2) is 60.7 Å². The molecule has 160 valence electrons. The summed E-state index contributed by atoms with van der Waals surface area (Å²) in [6.45, 7) is 2.04. The second-order valence-electron chi connectivity index (χ2n) is 8.42. The zero-order valence-electron chi connectivity index (χ0n) is 17.7. The number of rotatable bonds is 4. The molecule has 0 bridgehead atoms. The van der Waals surface area contributed by atoms with Gasteiger partial charge in [0.2, 0.25) is 0 Å². The summed E-state index contributed by atoms with van der Waals surface area (Å²) >= 11 is 0. The van der Waals surface area contributed by atoms with Crippen LogP contribution in [0.5, 0.6) is 11.5 Å². The summed E-state index contributed by atoms with van der Waals surface area (Å²) in [5.41, 5.74) is 5.48. The minimum atomic E-state index is 0.220. The largest absolute Gasteiger partial charge is 0.508 e. The van der Waals surface area contributed by atoms with Gasteiger partial charge in [-0.2, -0.15) is 0 Å². The fourth-order valence-corrected chi connectivity index (χ4v) is 4.30. The van der Waals surface area contributed by atoms with Gasteiger partial charge < -0.3 is 24.7 Å². The Morgan fingerprint density at radius 1 is 0.875 bits per heavy atom. The summed E-state index contributed by atoms with van der Waals surface area (Å²) in [6, 6.07) is 19.2. The number of hydrogen-bond acceptors (Lipinski definition) is 5. The number of phenolic OH excluding ortho intramolecular Hbond substituents is 1. The number of aromatic hydroxyl groups is 1. The number of phenols is 1. The van der Waals surface area contributed by atoms with E-state index in [-0.39, 0.29) is 11.9 Å². The quantitative estimate of drug-likeness (QED) is 0.393. The van der Waals surface area contributed by atoms with Gasteiger partial charge in [0.05, 0.1) is 22.1 Å². The first-order chi connectivity index (χ1) is 15.6. The van der Waals surface area contributed by atoms with E-state index in [4.69, 9.17) is 9.72 Å². The highest BCUT2D eigenvalue weighted by Crippen LogP contribution is 2.28. The van der Waals surface area contributed by atoms with Crippen molar-refractivity contribution in [2.75, 3.05) is 20.1 Å². The highest BCUT2D eigenvalue weighted by Gasteiger charge is 2.21. The van der Waals surface area contributed by atoms with Crippen LogP contribution in [0.2, 0.25) is 0 Å². The highest BCUT2D eigenvalue weighted by atomic mass is 16.5. The zero-order valence-corrected chi connectivity index (χ0v) is 17.7. The molecule has 5 aromatic rings. The Bertz CT molecular complexity index is 1420. The van der Waals surface area contributed by atoms with E-state index < -0.39 is 0 Å². The van der Waals surface area contributed by atoms with Gasteiger partial charge in [0, 0.05) is 36.3 Å². The molecule has 2 aromatic heterocycles. The standard InChI is InChI=1S/C25H23N5O2/c1-30-11-10-19(14-30)32-18-7-9-21-23(13-18)29-25(27-21)16-4-2-15(3-5-16)24-26-20-8-6-17(31)12-22(20)28-24/h2-9,12-13,19,31H,10-11,14H2,1H3,(H,26,28)(H,27,29)/t19-/m1/s1. The Morgan fingerprint density at radius 2 is 1.50 bits per heavy atom. The predicted octanol–water partition coefficient (Wildman–Crippen LogP) is 4.56. The van der Waals surface area contributed by atoms with Crippen LogP contribution >= 0.6 is 0 Å². The van der Waals surface area contributed by atoms with E-state index in [0.29, 0.717) is 0 Å². The normalized spacial score (nSPS) is 16.8. The van der Waals surface area contributed by atoms with E-state index in [1.807, 2.05) is 42.5 Å². The third-order valence-electron chi connectivity index (χ3n) is 6.00. The van der Waals surface area contributed by atoms with E-state index in [2.05, 4.69) is 26.9 Å². The Labute approximate surface area is 184 Å². The topological polar surface area (TPSA) is 90.1 Å². The van der Waals surface area contributed by atoms with Crippen LogP contribution in [0.1, 0.15) is 6.42 Å². The van der Waals surface area contributed by atoms with Crippen molar-refractivity contribution >= 4 is 22.1 Å². The number of nitrogens with one attached hydrogen (secondary N) is 2. The number of benzene rings is 3. The van der Waals surface area contributed by atoms with Crippen LogP contribution in [-0.2, 0) is 0 Å². The lowest BCUT2D eigenvalue weighted by Crippen LogP contribution is -2.21. The fraction of sp³-hybridized carbons (Fsp3) is 0.200. The Morgan fingerprint density at radius 3 is 2.12 bits per heavy atom. The Kier molecular flexibility index (Phi) is 4.36. The smallest absolute Gasteiger partial charge is 0.138 e. The summed E-state index contributed by atoms with van der Waals surface area (Å²) in [4.78, 5) is 18.3. The first-order valence-corrected chi connectivity index (χ1v) is 10.8. The van der Waals surface area contributed by atoms with Crippen LogP contribution in [0, 0.1) is 0 Å². The van der Waals surface area contributed by atoms with Gasteiger partial charge in [-0.1, -0.05) is 24.3 Å². The van der Waals surface area contributed by atoms with Crippen LogP contribution in [-0.4, -0.2) is 56.2 Å². The van der Waals surface area contributed by atoms with Gasteiger partial charge in [-0.15, -0.1) is 0 Å². The number of likely N-dealkylation sites (tertiary alicyclic amines) is 1. The van der Waals surface area contributed by atoms with Crippen LogP contribution < -0.4 is 4.74 Å². The van der Waals surface area contributed by atoms with E-state index in [9.17, 15) is 5.11 Å². The monoisotopic (exact) mass is 425 g/mol. The molecule has 1 atom stereocenters. The molecule has 1 aliphatic rings. The summed E-state index contributed by atoms with van der Waals surface area (Å²) in [5.74, 6) is 2.68. The van der Waals surface area contributed by atoms with Crippen LogP contribution in [0.25, 0.3) is 44.8 Å². The molecule has 0 saturated carbocycles. The fourth-order valence-electron chi connectivity index (χ4n) is 4.30. The molecule has 6 rings (SSSR count). The van der Waals surface area contributed by atoms with Crippen LogP contribution in [0.4, 0.5) is 0 Å². The number of H-pyrrole nitrogens is 2. The molecule has 0 aliphatic carbocycles. The number of likely N-dealkylation sites (N-methyl/N-ethyl adjacent to an activating group) is 1. The van der Waals surface area contributed by atoms with Gasteiger partial charge in [0.15, 0.2) is 0 Å². The van der Waals surface area contributed by atoms with Gasteiger partial charge in [-0.3, -0.25) is 0 Å². The SMILES string of the molecule is CN1CC[C@@H](Oc2ccc3nc(-c4ccc(-c5nc6ccc(O)cc6[nH]5)cc4)[nH]c3c2)C1. The van der Waals surface area contributed by atoms with Crippen molar-refractivity contribution in [3.63, 3.8) is 0 Å². The summed E-state index contributed by atoms with van der Waals surface area (Å²) < 4.78 is 6.15. The molecule has 0 amide bonds. The number of ether oxygens (including phenoxy) is 1. The molecule has 0 radical (unpaired) electrons. The second kappa shape index (κ2) is 7.39. The van der Waals surface area contributed by atoms with E-state index in [1.54, 1.807) is 18.2 Å². The summed E-state index contributed by atoms with van der Waals surface area (Å²) in [7, 11) is 2.12. The molecule has 3 aromatic carbocycles. The van der Waals surface area contributed by atoms with Crippen LogP contribution in [0.3, 0.4) is 0 Å². The first kappa shape index (κ1) is 18.9. The molecular formula is C25H23N5O2. The van der Waals surface area contributed by atoms with Crippen molar-refractivity contribution in [1.82, 2.24) is 24.8 Å². The van der Waals surface area contributed by atoms with Gasteiger partial charge in [-0.25, -0.2) is 9.97 Å². The lowest BCUT2D eigenvalue weighted by atomic mass is 10.1. The molecule has 1 fully saturated rings. The number of aromatic amines is 2. The molecular weight excluding hydrogens is 402 g/mol. The van der Waals surface area contributed by atoms with Gasteiger partial charge >= 0.3 is 0 Å². The second-order valence-corrected chi connectivity index (χ2v) is 8.42. The molecule has 3 N–H and O–H groups in total. The molecule has 3 heterocycles. The van der Waals surface area contributed by atoms with Crippen molar-refractivity contribution in [2.24, 2.45) is 0 Å². The van der Waals surface area contributed by atoms with Crippen molar-refractivity contribution in [2.45, 2.75) is 12.5 Å². The van der Waals surface area contributed by atoms with Crippen molar-refractivity contribution in [3.8, 4) is 34.3 Å². The van der Waals surface area contributed by atoms with Crippen molar-refractivity contribution in [1.29, 1.82) is 0 Å². The Hall–Kier alpha value is -3.84. The molecule has 32 heavy (non-hydrogen) atoms. The summed E-state index contributed by atoms with van der Waals surface area (Å²) in [6.07, 6.45) is 1.30. The van der Waals surface area contributed by atoms with E-state index in [1.165, 1.54) is 0 Å². The first-order valence-electron chi connectivity index (χ1n) is 10.8. The van der Waals surface area contributed by atoms with Gasteiger partial charge in [0.25, 0.3) is 0 Å².